The van der Waals surface area contributed by atoms with Gasteiger partial charge < -0.3 is 14.7 Å². The molecule has 1 amide bonds. The fourth-order valence-electron chi connectivity index (χ4n) is 3.32. The first-order valence-corrected chi connectivity index (χ1v) is 8.49. The first-order valence-electron chi connectivity index (χ1n) is 8.49. The maximum atomic E-state index is 13.3. The lowest BCUT2D eigenvalue weighted by molar-refractivity contribution is 0.0657. The smallest absolute Gasteiger partial charge is 0.259 e. The van der Waals surface area contributed by atoms with Gasteiger partial charge >= 0.3 is 0 Å². The third kappa shape index (κ3) is 2.78. The normalized spacial score (nSPS) is 17.8. The molecule has 1 saturated heterocycles. The van der Waals surface area contributed by atoms with Crippen LogP contribution >= 0.6 is 0 Å². The Morgan fingerprint density at radius 2 is 2.12 bits per heavy atom. The van der Waals surface area contributed by atoms with E-state index in [1.165, 1.54) is 0 Å². The van der Waals surface area contributed by atoms with Crippen molar-refractivity contribution in [3.05, 3.63) is 47.7 Å². The van der Waals surface area contributed by atoms with Crippen LogP contribution in [-0.2, 0) is 0 Å². The molecule has 4 rings (SSSR count). The van der Waals surface area contributed by atoms with Crippen LogP contribution < -0.4 is 5.32 Å². The number of nitrogens with one attached hydrogen (secondary N) is 1. The number of carbonyl (C=O) groups is 1. The maximum Gasteiger partial charge on any atom is 0.259 e. The first kappa shape index (κ1) is 15.8. The highest BCUT2D eigenvalue weighted by atomic mass is 16.5. The molecule has 0 aliphatic carbocycles. The van der Waals surface area contributed by atoms with E-state index in [2.05, 4.69) is 22.4 Å². The summed E-state index contributed by atoms with van der Waals surface area (Å²) in [5, 5.41) is 8.04. The minimum atomic E-state index is 0.00452. The second kappa shape index (κ2) is 6.29. The molecule has 1 N–H and O–H groups in total. The molecule has 0 unspecified atom stereocenters. The molecule has 6 heteroatoms. The van der Waals surface area contributed by atoms with E-state index in [9.17, 15) is 4.79 Å². The Kier molecular flexibility index (Phi) is 3.97. The number of benzene rings is 1. The monoisotopic (exact) mass is 336 g/mol. The number of fused-ring (bicyclic) bond motifs is 1. The Labute approximate surface area is 145 Å². The van der Waals surface area contributed by atoms with Crippen LogP contribution in [0.2, 0.25) is 0 Å². The molecule has 2 aromatic heterocycles. The molecule has 6 nitrogen and oxygen atoms in total. The quantitative estimate of drug-likeness (QED) is 0.779. The predicted octanol–water partition coefficient (Wildman–Crippen LogP) is 2.63. The third-order valence-corrected chi connectivity index (χ3v) is 4.68. The van der Waals surface area contributed by atoms with Gasteiger partial charge in [0.2, 0.25) is 0 Å². The summed E-state index contributed by atoms with van der Waals surface area (Å²) in [5.74, 6) is 0.00452. The Morgan fingerprint density at radius 3 is 2.88 bits per heavy atom. The van der Waals surface area contributed by atoms with Crippen LogP contribution in [-0.4, -0.2) is 46.6 Å². The first-order chi connectivity index (χ1) is 12.1. The van der Waals surface area contributed by atoms with Gasteiger partial charge in [0, 0.05) is 31.2 Å². The van der Waals surface area contributed by atoms with Crippen molar-refractivity contribution < 1.29 is 9.32 Å². The second-order valence-corrected chi connectivity index (χ2v) is 6.42. The topological polar surface area (TPSA) is 71.3 Å². The van der Waals surface area contributed by atoms with Crippen molar-refractivity contribution in [2.24, 2.45) is 0 Å². The number of carbonyl (C=O) groups excluding carboxylic acids is 1. The van der Waals surface area contributed by atoms with Gasteiger partial charge in [-0.3, -0.25) is 4.79 Å². The van der Waals surface area contributed by atoms with Crippen LogP contribution in [0, 0.1) is 6.92 Å². The Morgan fingerprint density at radius 1 is 1.32 bits per heavy atom. The summed E-state index contributed by atoms with van der Waals surface area (Å²) in [6.07, 6.45) is 0. The van der Waals surface area contributed by atoms with Crippen molar-refractivity contribution in [1.82, 2.24) is 20.4 Å². The van der Waals surface area contributed by atoms with E-state index in [0.29, 0.717) is 28.9 Å². The number of hydrogen-bond donors (Lipinski definition) is 1. The van der Waals surface area contributed by atoms with Crippen molar-refractivity contribution in [1.29, 1.82) is 0 Å². The lowest BCUT2D eigenvalue weighted by Gasteiger charge is -2.34. The van der Waals surface area contributed by atoms with E-state index in [4.69, 9.17) is 4.52 Å². The number of amides is 1. The average molecular weight is 336 g/mol. The maximum absolute atomic E-state index is 13.3. The van der Waals surface area contributed by atoms with Crippen LogP contribution in [0.15, 0.2) is 40.9 Å². The molecule has 0 saturated carbocycles. The standard InChI is InChI=1S/C19H20N4O2/c1-12-11-20-8-9-23(12)19(24)15-10-16(14-6-4-3-5-7-14)21-18-17(15)13(2)22-25-18/h3-7,10,12,20H,8-9,11H2,1-2H3/t12-/m1/s1. The number of pyridine rings is 1. The van der Waals surface area contributed by atoms with Gasteiger partial charge in [-0.25, -0.2) is 4.98 Å². The summed E-state index contributed by atoms with van der Waals surface area (Å²) in [4.78, 5) is 19.7. The van der Waals surface area contributed by atoms with Crippen molar-refractivity contribution in [3.63, 3.8) is 0 Å². The minimum absolute atomic E-state index is 0.00452. The zero-order valence-corrected chi connectivity index (χ0v) is 14.3. The summed E-state index contributed by atoms with van der Waals surface area (Å²) >= 11 is 0. The SMILES string of the molecule is Cc1noc2nc(-c3ccccc3)cc(C(=O)N3CCNC[C@H]3C)c12. The van der Waals surface area contributed by atoms with Crippen LogP contribution in [0.5, 0.6) is 0 Å². The van der Waals surface area contributed by atoms with E-state index in [-0.39, 0.29) is 11.9 Å². The summed E-state index contributed by atoms with van der Waals surface area (Å²) < 4.78 is 5.37. The Hall–Kier alpha value is -2.73. The molecule has 3 aromatic rings. The molecule has 0 radical (unpaired) electrons. The molecular weight excluding hydrogens is 316 g/mol. The van der Waals surface area contributed by atoms with Gasteiger partial charge in [-0.1, -0.05) is 35.5 Å². The number of hydrogen-bond acceptors (Lipinski definition) is 5. The molecule has 0 spiro atoms. The third-order valence-electron chi connectivity index (χ3n) is 4.68. The zero-order valence-electron chi connectivity index (χ0n) is 14.3. The van der Waals surface area contributed by atoms with Crippen molar-refractivity contribution in [2.45, 2.75) is 19.9 Å². The van der Waals surface area contributed by atoms with Gasteiger partial charge in [0.15, 0.2) is 0 Å². The second-order valence-electron chi connectivity index (χ2n) is 6.42. The lowest BCUT2D eigenvalue weighted by atomic mass is 10.0. The zero-order chi connectivity index (χ0) is 17.4. The summed E-state index contributed by atoms with van der Waals surface area (Å²) in [6, 6.07) is 11.8. The van der Waals surface area contributed by atoms with Crippen molar-refractivity contribution in [2.75, 3.05) is 19.6 Å². The van der Waals surface area contributed by atoms with Crippen LogP contribution in [0.25, 0.3) is 22.4 Å². The lowest BCUT2D eigenvalue weighted by Crippen LogP contribution is -2.52. The number of piperazine rings is 1. The average Bonchev–Trinajstić information content (AvgIpc) is 3.03. The number of aromatic nitrogens is 2. The highest BCUT2D eigenvalue weighted by Gasteiger charge is 2.27. The van der Waals surface area contributed by atoms with Crippen molar-refractivity contribution >= 4 is 17.0 Å². The Bertz CT molecular complexity index is 920. The van der Waals surface area contributed by atoms with E-state index in [1.807, 2.05) is 48.2 Å². The molecule has 1 fully saturated rings. The van der Waals surface area contributed by atoms with E-state index < -0.39 is 0 Å². The Balaban J connectivity index is 1.86. The van der Waals surface area contributed by atoms with E-state index in [0.717, 1.165) is 24.3 Å². The summed E-state index contributed by atoms with van der Waals surface area (Å²) in [5.41, 5.74) is 3.37. The van der Waals surface area contributed by atoms with Gasteiger partial charge in [-0.05, 0) is 19.9 Å². The largest absolute Gasteiger partial charge is 0.335 e. The highest BCUT2D eigenvalue weighted by Crippen LogP contribution is 2.28. The molecule has 3 heterocycles. The van der Waals surface area contributed by atoms with Gasteiger partial charge in [0.1, 0.15) is 0 Å². The summed E-state index contributed by atoms with van der Waals surface area (Å²) in [7, 11) is 0. The molecule has 1 aliphatic rings. The fourth-order valence-corrected chi connectivity index (χ4v) is 3.32. The number of nitrogens with zero attached hydrogens (tertiary/aromatic N) is 3. The van der Waals surface area contributed by atoms with Crippen LogP contribution in [0.4, 0.5) is 0 Å². The fraction of sp³-hybridized carbons (Fsp3) is 0.316. The van der Waals surface area contributed by atoms with E-state index >= 15 is 0 Å². The van der Waals surface area contributed by atoms with Gasteiger partial charge in [0.25, 0.3) is 11.6 Å². The molecule has 1 aliphatic heterocycles. The van der Waals surface area contributed by atoms with Gasteiger partial charge in [-0.2, -0.15) is 0 Å². The molecule has 1 aromatic carbocycles. The molecule has 0 bridgehead atoms. The minimum Gasteiger partial charge on any atom is -0.335 e. The van der Waals surface area contributed by atoms with E-state index in [1.54, 1.807) is 0 Å². The molecule has 128 valence electrons. The summed E-state index contributed by atoms with van der Waals surface area (Å²) in [6.45, 7) is 6.19. The number of aryl methyl sites for hydroxylation is 1. The molecule has 1 atom stereocenters. The highest BCUT2D eigenvalue weighted by molar-refractivity contribution is 6.07. The number of rotatable bonds is 2. The van der Waals surface area contributed by atoms with Crippen LogP contribution in [0.3, 0.4) is 0 Å². The van der Waals surface area contributed by atoms with Gasteiger partial charge in [0.05, 0.1) is 22.3 Å². The molecular formula is C19H20N4O2. The predicted molar refractivity (Wildman–Crippen MR) is 95.3 cm³/mol. The van der Waals surface area contributed by atoms with Crippen LogP contribution in [0.1, 0.15) is 23.0 Å². The van der Waals surface area contributed by atoms with Crippen molar-refractivity contribution in [3.8, 4) is 11.3 Å². The molecule has 25 heavy (non-hydrogen) atoms. The van der Waals surface area contributed by atoms with Gasteiger partial charge in [-0.15, -0.1) is 0 Å².